The van der Waals surface area contributed by atoms with Gasteiger partial charge in [-0.05, 0) is 25.5 Å². The highest BCUT2D eigenvalue weighted by atomic mass is 16.7. The third-order valence-electron chi connectivity index (χ3n) is 3.61. The van der Waals surface area contributed by atoms with Gasteiger partial charge in [0.25, 0.3) is 5.91 Å². The first-order valence-electron chi connectivity index (χ1n) is 6.66. The Morgan fingerprint density at radius 1 is 1.40 bits per heavy atom. The number of carbonyl (C=O) groups is 2. The standard InChI is InChI=1S/C14H16N2O4/c1-9-13(17)15-6-3-7-16(9)14(18)10-4-2-5-11-12(10)20-8-19-11/h2,4-5,9H,3,6-8H2,1H3,(H,15,17). The minimum absolute atomic E-state index is 0.121. The monoisotopic (exact) mass is 276 g/mol. The molecule has 3 rings (SSSR count). The van der Waals surface area contributed by atoms with Crippen molar-refractivity contribution in [2.24, 2.45) is 0 Å². The molecule has 0 saturated carbocycles. The predicted octanol–water partition coefficient (Wildman–Crippen LogP) is 0.766. The summed E-state index contributed by atoms with van der Waals surface area (Å²) in [6.07, 6.45) is 0.744. The molecule has 1 saturated heterocycles. The molecule has 2 amide bonds. The third-order valence-corrected chi connectivity index (χ3v) is 3.61. The highest BCUT2D eigenvalue weighted by molar-refractivity contribution is 6.00. The zero-order valence-corrected chi connectivity index (χ0v) is 11.2. The number of rotatable bonds is 1. The Bertz CT molecular complexity index is 558. The molecule has 1 aromatic carbocycles. The smallest absolute Gasteiger partial charge is 0.258 e. The van der Waals surface area contributed by atoms with E-state index >= 15 is 0 Å². The molecule has 0 aromatic heterocycles. The van der Waals surface area contributed by atoms with Gasteiger partial charge in [0, 0.05) is 13.1 Å². The number of fused-ring (bicyclic) bond motifs is 1. The topological polar surface area (TPSA) is 67.9 Å². The van der Waals surface area contributed by atoms with Crippen molar-refractivity contribution in [3.05, 3.63) is 23.8 Å². The van der Waals surface area contributed by atoms with Crippen LogP contribution in [0.3, 0.4) is 0 Å². The number of nitrogens with one attached hydrogen (secondary N) is 1. The Morgan fingerprint density at radius 2 is 2.25 bits per heavy atom. The van der Waals surface area contributed by atoms with E-state index in [0.717, 1.165) is 6.42 Å². The molecular weight excluding hydrogens is 260 g/mol. The molecule has 1 N–H and O–H groups in total. The lowest BCUT2D eigenvalue weighted by Gasteiger charge is -2.25. The van der Waals surface area contributed by atoms with Crippen molar-refractivity contribution in [3.8, 4) is 11.5 Å². The number of nitrogens with zero attached hydrogens (tertiary/aromatic N) is 1. The summed E-state index contributed by atoms with van der Waals surface area (Å²) in [6.45, 7) is 3.00. The van der Waals surface area contributed by atoms with Crippen LogP contribution in [0.25, 0.3) is 0 Å². The minimum atomic E-state index is -0.483. The summed E-state index contributed by atoms with van der Waals surface area (Å²) in [5.74, 6) is 0.717. The molecule has 2 heterocycles. The van der Waals surface area contributed by atoms with Crippen molar-refractivity contribution < 1.29 is 19.1 Å². The van der Waals surface area contributed by atoms with E-state index in [0.29, 0.717) is 30.2 Å². The van der Waals surface area contributed by atoms with E-state index in [1.807, 2.05) is 0 Å². The lowest BCUT2D eigenvalue weighted by Crippen LogP contribution is -2.45. The Hall–Kier alpha value is -2.24. The molecule has 6 nitrogen and oxygen atoms in total. The third kappa shape index (κ3) is 2.07. The van der Waals surface area contributed by atoms with Gasteiger partial charge >= 0.3 is 0 Å². The van der Waals surface area contributed by atoms with Crippen molar-refractivity contribution in [3.63, 3.8) is 0 Å². The maximum atomic E-state index is 12.7. The second kappa shape index (κ2) is 5.03. The van der Waals surface area contributed by atoms with Gasteiger partial charge in [-0.2, -0.15) is 0 Å². The van der Waals surface area contributed by atoms with E-state index in [2.05, 4.69) is 5.32 Å². The first-order valence-corrected chi connectivity index (χ1v) is 6.66. The van der Waals surface area contributed by atoms with Crippen molar-refractivity contribution in [1.82, 2.24) is 10.2 Å². The van der Waals surface area contributed by atoms with Gasteiger partial charge < -0.3 is 19.7 Å². The lowest BCUT2D eigenvalue weighted by atomic mass is 10.1. The molecule has 0 radical (unpaired) electrons. The Kier molecular flexibility index (Phi) is 3.22. The van der Waals surface area contributed by atoms with E-state index < -0.39 is 6.04 Å². The molecular formula is C14H16N2O4. The average molecular weight is 276 g/mol. The fourth-order valence-corrected chi connectivity index (χ4v) is 2.47. The van der Waals surface area contributed by atoms with Crippen LogP contribution >= 0.6 is 0 Å². The summed E-state index contributed by atoms with van der Waals surface area (Å²) < 4.78 is 10.6. The van der Waals surface area contributed by atoms with Crippen LogP contribution < -0.4 is 14.8 Å². The summed E-state index contributed by atoms with van der Waals surface area (Å²) in [5, 5.41) is 2.79. The summed E-state index contributed by atoms with van der Waals surface area (Å²) in [4.78, 5) is 26.1. The largest absolute Gasteiger partial charge is 0.454 e. The van der Waals surface area contributed by atoms with Gasteiger partial charge in [-0.1, -0.05) is 6.07 Å². The van der Waals surface area contributed by atoms with Gasteiger partial charge in [0.1, 0.15) is 6.04 Å². The van der Waals surface area contributed by atoms with Gasteiger partial charge in [0.05, 0.1) is 5.56 Å². The summed E-state index contributed by atoms with van der Waals surface area (Å²) in [7, 11) is 0. The molecule has 1 aromatic rings. The summed E-state index contributed by atoms with van der Waals surface area (Å²) in [6, 6.07) is 4.73. The van der Waals surface area contributed by atoms with E-state index in [9.17, 15) is 9.59 Å². The van der Waals surface area contributed by atoms with Crippen LogP contribution in [-0.4, -0.2) is 42.6 Å². The number of carbonyl (C=O) groups excluding carboxylic acids is 2. The fraction of sp³-hybridized carbons (Fsp3) is 0.429. The van der Waals surface area contributed by atoms with Crippen molar-refractivity contribution in [1.29, 1.82) is 0 Å². The molecule has 1 atom stereocenters. The van der Waals surface area contributed by atoms with Crippen LogP contribution in [0, 0.1) is 0 Å². The number of benzene rings is 1. The van der Waals surface area contributed by atoms with E-state index in [-0.39, 0.29) is 18.6 Å². The van der Waals surface area contributed by atoms with Crippen LogP contribution in [0.1, 0.15) is 23.7 Å². The van der Waals surface area contributed by atoms with E-state index in [1.54, 1.807) is 30.0 Å². The Labute approximate surface area is 116 Å². The first-order chi connectivity index (χ1) is 9.68. The van der Waals surface area contributed by atoms with Crippen molar-refractivity contribution in [2.45, 2.75) is 19.4 Å². The molecule has 2 aliphatic rings. The number of hydrogen-bond acceptors (Lipinski definition) is 4. The minimum Gasteiger partial charge on any atom is -0.454 e. The molecule has 6 heteroatoms. The summed E-state index contributed by atoms with van der Waals surface area (Å²) in [5.41, 5.74) is 0.446. The number of ether oxygens (including phenoxy) is 2. The summed E-state index contributed by atoms with van der Waals surface area (Å²) >= 11 is 0. The zero-order chi connectivity index (χ0) is 14.1. The number of hydrogen-bond donors (Lipinski definition) is 1. The maximum Gasteiger partial charge on any atom is 0.258 e. The quantitative estimate of drug-likeness (QED) is 0.822. The fourth-order valence-electron chi connectivity index (χ4n) is 2.47. The second-order valence-electron chi connectivity index (χ2n) is 4.86. The van der Waals surface area contributed by atoms with Crippen molar-refractivity contribution >= 4 is 11.8 Å². The Balaban J connectivity index is 1.92. The molecule has 106 valence electrons. The van der Waals surface area contributed by atoms with Crippen molar-refractivity contribution in [2.75, 3.05) is 19.9 Å². The number of para-hydroxylation sites is 1. The highest BCUT2D eigenvalue weighted by Gasteiger charge is 2.31. The predicted molar refractivity (Wildman–Crippen MR) is 70.7 cm³/mol. The van der Waals surface area contributed by atoms with Gasteiger partial charge in [0.2, 0.25) is 12.7 Å². The van der Waals surface area contributed by atoms with Gasteiger partial charge in [-0.15, -0.1) is 0 Å². The van der Waals surface area contributed by atoms with Crippen LogP contribution in [0.4, 0.5) is 0 Å². The zero-order valence-electron chi connectivity index (χ0n) is 11.2. The molecule has 1 unspecified atom stereocenters. The van der Waals surface area contributed by atoms with Crippen LogP contribution in [-0.2, 0) is 4.79 Å². The Morgan fingerprint density at radius 3 is 3.10 bits per heavy atom. The molecule has 20 heavy (non-hydrogen) atoms. The lowest BCUT2D eigenvalue weighted by molar-refractivity contribution is -0.124. The van der Waals surface area contributed by atoms with Gasteiger partial charge in [-0.25, -0.2) is 0 Å². The highest BCUT2D eigenvalue weighted by Crippen LogP contribution is 2.36. The molecule has 0 aliphatic carbocycles. The maximum absolute atomic E-state index is 12.7. The number of amides is 2. The van der Waals surface area contributed by atoms with Crippen LogP contribution in [0.5, 0.6) is 11.5 Å². The first kappa shape index (κ1) is 12.8. The normalized spacial score (nSPS) is 21.4. The second-order valence-corrected chi connectivity index (χ2v) is 4.86. The van der Waals surface area contributed by atoms with Crippen LogP contribution in [0.2, 0.25) is 0 Å². The SMILES string of the molecule is CC1C(=O)NCCCN1C(=O)c1cccc2c1OCO2. The van der Waals surface area contributed by atoms with Gasteiger partial charge in [-0.3, -0.25) is 9.59 Å². The van der Waals surface area contributed by atoms with Crippen LogP contribution in [0.15, 0.2) is 18.2 Å². The van der Waals surface area contributed by atoms with E-state index in [4.69, 9.17) is 9.47 Å². The van der Waals surface area contributed by atoms with Gasteiger partial charge in [0.15, 0.2) is 11.5 Å². The molecule has 0 spiro atoms. The molecule has 2 aliphatic heterocycles. The van der Waals surface area contributed by atoms with E-state index in [1.165, 1.54) is 0 Å². The molecule has 1 fully saturated rings. The average Bonchev–Trinajstić information content (AvgIpc) is 2.87. The molecule has 0 bridgehead atoms.